The van der Waals surface area contributed by atoms with E-state index in [9.17, 15) is 8.42 Å². The van der Waals surface area contributed by atoms with Crippen molar-refractivity contribution in [2.75, 3.05) is 6.61 Å². The fraction of sp³-hybridized carbons (Fsp3) is 0.174. The lowest BCUT2D eigenvalue weighted by molar-refractivity contribution is 0.321. The summed E-state index contributed by atoms with van der Waals surface area (Å²) in [7, 11) is -3.81. The first-order chi connectivity index (χ1) is 13.5. The highest BCUT2D eigenvalue weighted by atomic mass is 32.2. The average Bonchev–Trinajstić information content (AvgIpc) is 2.69. The highest BCUT2D eigenvalue weighted by Crippen LogP contribution is 2.20. The minimum absolute atomic E-state index is 0.162. The summed E-state index contributed by atoms with van der Waals surface area (Å²) in [4.78, 5) is 0.162. The summed E-state index contributed by atoms with van der Waals surface area (Å²) >= 11 is 0. The molecule has 0 saturated heterocycles. The molecule has 0 spiro atoms. The van der Waals surface area contributed by atoms with Gasteiger partial charge in [0.1, 0.15) is 0 Å². The Kier molecular flexibility index (Phi) is 6.26. The summed E-state index contributed by atoms with van der Waals surface area (Å²) in [5.41, 5.74) is 4.17. The van der Waals surface area contributed by atoms with Crippen molar-refractivity contribution >= 4 is 15.9 Å². The minimum atomic E-state index is -3.81. The number of rotatable bonds is 6. The van der Waals surface area contributed by atoms with Gasteiger partial charge in [-0.25, -0.2) is 0 Å². The smallest absolute Gasteiger partial charge is 0.285 e. The van der Waals surface area contributed by atoms with Crippen molar-refractivity contribution in [1.82, 2.24) is 0 Å². The van der Waals surface area contributed by atoms with Crippen LogP contribution in [0.1, 0.15) is 18.1 Å². The third kappa shape index (κ3) is 5.08. The van der Waals surface area contributed by atoms with E-state index in [1.807, 2.05) is 56.3 Å². The summed E-state index contributed by atoms with van der Waals surface area (Å²) < 4.78 is 34.6. The zero-order valence-electron chi connectivity index (χ0n) is 16.0. The molecular formula is C23H23NO3S. The molecule has 0 heterocycles. The van der Waals surface area contributed by atoms with Crippen LogP contribution < -0.4 is 0 Å². The molecule has 144 valence electrons. The number of sulfonamides is 1. The lowest BCUT2D eigenvalue weighted by atomic mass is 10.0. The van der Waals surface area contributed by atoms with Gasteiger partial charge in [-0.15, -0.1) is 4.40 Å². The highest BCUT2D eigenvalue weighted by molar-refractivity contribution is 7.90. The molecule has 28 heavy (non-hydrogen) atoms. The quantitative estimate of drug-likeness (QED) is 0.436. The molecule has 0 aromatic heterocycles. The lowest BCUT2D eigenvalue weighted by Gasteiger charge is -2.09. The maximum Gasteiger partial charge on any atom is 0.285 e. The van der Waals surface area contributed by atoms with Crippen molar-refractivity contribution in [3.05, 3.63) is 90.0 Å². The van der Waals surface area contributed by atoms with Crippen LogP contribution in [0.15, 0.2) is 88.2 Å². The molecule has 4 nitrogen and oxygen atoms in total. The van der Waals surface area contributed by atoms with Gasteiger partial charge in [0.15, 0.2) is 0 Å². The molecule has 3 rings (SSSR count). The van der Waals surface area contributed by atoms with Crippen LogP contribution in [0.25, 0.3) is 11.1 Å². The molecule has 0 bridgehead atoms. The maximum atomic E-state index is 12.6. The van der Waals surface area contributed by atoms with E-state index in [-0.39, 0.29) is 10.8 Å². The van der Waals surface area contributed by atoms with Crippen LogP contribution >= 0.6 is 0 Å². The molecule has 0 radical (unpaired) electrons. The van der Waals surface area contributed by atoms with E-state index in [4.69, 9.17) is 4.74 Å². The lowest BCUT2D eigenvalue weighted by Crippen LogP contribution is -2.12. The van der Waals surface area contributed by atoms with E-state index < -0.39 is 10.0 Å². The molecular weight excluding hydrogens is 370 g/mol. The number of benzene rings is 3. The Hall–Kier alpha value is -2.92. The average molecular weight is 394 g/mol. The van der Waals surface area contributed by atoms with Crippen molar-refractivity contribution in [3.8, 4) is 11.1 Å². The molecule has 5 heteroatoms. The van der Waals surface area contributed by atoms with E-state index in [1.54, 1.807) is 24.3 Å². The summed E-state index contributed by atoms with van der Waals surface area (Å²) in [6.45, 7) is 4.07. The van der Waals surface area contributed by atoms with Gasteiger partial charge in [0.05, 0.1) is 11.5 Å². The minimum Gasteiger partial charge on any atom is -0.480 e. The molecule has 3 aromatic rings. The monoisotopic (exact) mass is 393 g/mol. The second-order valence-electron chi connectivity index (χ2n) is 6.45. The zero-order valence-corrected chi connectivity index (χ0v) is 16.8. The number of ether oxygens (including phenoxy) is 1. The van der Waals surface area contributed by atoms with Crippen LogP contribution in [0.3, 0.4) is 0 Å². The Morgan fingerprint density at radius 1 is 0.857 bits per heavy atom. The maximum absolute atomic E-state index is 12.6. The molecule has 0 aliphatic carbocycles. The summed E-state index contributed by atoms with van der Waals surface area (Å²) in [6.07, 6.45) is 0.313. The molecule has 0 amide bonds. The van der Waals surface area contributed by atoms with Crippen LogP contribution in [0.5, 0.6) is 0 Å². The second kappa shape index (κ2) is 8.85. The SMILES string of the molecule is CCO/C(Cc1ccc(-c2ccccc2)cc1)=N\S(=O)(=O)c1ccc(C)cc1. The molecule has 3 aromatic carbocycles. The van der Waals surface area contributed by atoms with Crippen LogP contribution in [0.2, 0.25) is 0 Å². The normalized spacial score (nSPS) is 12.0. The Bertz CT molecular complexity index is 1040. The number of hydrogen-bond donors (Lipinski definition) is 0. The topological polar surface area (TPSA) is 55.7 Å². The first-order valence-electron chi connectivity index (χ1n) is 9.15. The molecule has 0 unspecified atom stereocenters. The standard InChI is InChI=1S/C23H23NO3S/c1-3-27-23(24-28(25,26)22-15-9-18(2)10-16-22)17-19-11-13-21(14-12-19)20-7-5-4-6-8-20/h4-16H,3,17H2,1-2H3/b24-23-. The van der Waals surface area contributed by atoms with Crippen LogP contribution in [-0.4, -0.2) is 20.9 Å². The number of aryl methyl sites for hydroxylation is 1. The Morgan fingerprint density at radius 3 is 2.07 bits per heavy atom. The fourth-order valence-electron chi connectivity index (χ4n) is 2.79. The molecule has 0 saturated carbocycles. The third-order valence-corrected chi connectivity index (χ3v) is 5.58. The van der Waals surface area contributed by atoms with E-state index in [0.29, 0.717) is 13.0 Å². The highest BCUT2D eigenvalue weighted by Gasteiger charge is 2.15. The largest absolute Gasteiger partial charge is 0.480 e. The van der Waals surface area contributed by atoms with Gasteiger partial charge in [-0.05, 0) is 42.7 Å². The predicted molar refractivity (Wildman–Crippen MR) is 113 cm³/mol. The van der Waals surface area contributed by atoms with E-state index in [2.05, 4.69) is 16.5 Å². The van der Waals surface area contributed by atoms with Crippen molar-refractivity contribution in [2.24, 2.45) is 4.40 Å². The van der Waals surface area contributed by atoms with Gasteiger partial charge >= 0.3 is 0 Å². The van der Waals surface area contributed by atoms with Crippen molar-refractivity contribution in [3.63, 3.8) is 0 Å². The molecule has 0 fully saturated rings. The van der Waals surface area contributed by atoms with Crippen LogP contribution in [0.4, 0.5) is 0 Å². The first kappa shape index (κ1) is 19.8. The Balaban J connectivity index is 1.82. The Labute approximate surface area is 166 Å². The van der Waals surface area contributed by atoms with E-state index in [0.717, 1.165) is 22.3 Å². The zero-order chi connectivity index (χ0) is 20.0. The predicted octanol–water partition coefficient (Wildman–Crippen LogP) is 5.03. The van der Waals surface area contributed by atoms with Gasteiger partial charge in [-0.1, -0.05) is 72.3 Å². The summed E-state index contributed by atoms with van der Waals surface area (Å²) in [5.74, 6) is 0.190. The third-order valence-electron chi connectivity index (χ3n) is 4.27. The van der Waals surface area contributed by atoms with Gasteiger partial charge in [0, 0.05) is 6.42 Å². The van der Waals surface area contributed by atoms with Gasteiger partial charge in [-0.3, -0.25) is 0 Å². The van der Waals surface area contributed by atoms with Crippen molar-refractivity contribution < 1.29 is 13.2 Å². The van der Waals surface area contributed by atoms with Crippen molar-refractivity contribution in [2.45, 2.75) is 25.2 Å². The van der Waals surface area contributed by atoms with Gasteiger partial charge < -0.3 is 4.74 Å². The summed E-state index contributed by atoms with van der Waals surface area (Å²) in [5, 5.41) is 0. The van der Waals surface area contributed by atoms with Crippen molar-refractivity contribution in [1.29, 1.82) is 0 Å². The van der Waals surface area contributed by atoms with Gasteiger partial charge in [-0.2, -0.15) is 8.42 Å². The van der Waals surface area contributed by atoms with Crippen LogP contribution in [0, 0.1) is 6.92 Å². The molecule has 0 aliphatic heterocycles. The molecule has 0 aliphatic rings. The summed E-state index contributed by atoms with van der Waals surface area (Å²) in [6, 6.07) is 24.7. The number of hydrogen-bond acceptors (Lipinski definition) is 3. The first-order valence-corrected chi connectivity index (χ1v) is 10.6. The van der Waals surface area contributed by atoms with Gasteiger partial charge in [0.25, 0.3) is 10.0 Å². The fourth-order valence-corrected chi connectivity index (χ4v) is 3.76. The molecule has 0 atom stereocenters. The van der Waals surface area contributed by atoms with E-state index in [1.165, 1.54) is 0 Å². The van der Waals surface area contributed by atoms with Gasteiger partial charge in [0.2, 0.25) is 5.90 Å². The Morgan fingerprint density at radius 2 is 1.46 bits per heavy atom. The van der Waals surface area contributed by atoms with E-state index >= 15 is 0 Å². The molecule has 0 N–H and O–H groups in total. The second-order valence-corrected chi connectivity index (χ2v) is 8.05. The number of nitrogens with zero attached hydrogens (tertiary/aromatic N) is 1. The van der Waals surface area contributed by atoms with Crippen LogP contribution in [-0.2, 0) is 21.2 Å².